The summed E-state index contributed by atoms with van der Waals surface area (Å²) in [5.41, 5.74) is 0. The van der Waals surface area contributed by atoms with Crippen LogP contribution in [0.3, 0.4) is 0 Å². The Labute approximate surface area is 90.5 Å². The summed E-state index contributed by atoms with van der Waals surface area (Å²) in [5, 5.41) is 5.63. The lowest BCUT2D eigenvalue weighted by Crippen LogP contribution is -2.28. The predicted molar refractivity (Wildman–Crippen MR) is 62.8 cm³/mol. The summed E-state index contributed by atoms with van der Waals surface area (Å²) in [5.74, 6) is 1.90. The fourth-order valence-corrected chi connectivity index (χ4v) is 2.96. The Kier molecular flexibility index (Phi) is 3.24. The summed E-state index contributed by atoms with van der Waals surface area (Å²) in [4.78, 5) is 1.53. The smallest absolute Gasteiger partial charge is 0.00984 e. The molecular formula is C12H19NS. The number of rotatable bonds is 5. The number of hydrogen-bond donors (Lipinski definition) is 1. The summed E-state index contributed by atoms with van der Waals surface area (Å²) in [6.07, 6.45) is 3.97. The van der Waals surface area contributed by atoms with Gasteiger partial charge in [-0.25, -0.2) is 0 Å². The molecule has 1 aromatic rings. The molecule has 2 heteroatoms. The largest absolute Gasteiger partial charge is 0.317 e. The predicted octanol–water partition coefficient (Wildman–Crippen LogP) is 2.92. The Balaban J connectivity index is 1.78. The van der Waals surface area contributed by atoms with Crippen LogP contribution in [0.1, 0.15) is 24.6 Å². The van der Waals surface area contributed by atoms with Gasteiger partial charge in [0, 0.05) is 10.9 Å². The van der Waals surface area contributed by atoms with Gasteiger partial charge in [0.1, 0.15) is 0 Å². The van der Waals surface area contributed by atoms with Gasteiger partial charge in [-0.1, -0.05) is 13.0 Å². The van der Waals surface area contributed by atoms with E-state index in [1.807, 2.05) is 11.3 Å². The van der Waals surface area contributed by atoms with Gasteiger partial charge in [-0.2, -0.15) is 0 Å². The van der Waals surface area contributed by atoms with Gasteiger partial charge in [0.05, 0.1) is 0 Å². The van der Waals surface area contributed by atoms with Gasteiger partial charge >= 0.3 is 0 Å². The molecule has 0 spiro atoms. The molecule has 1 fully saturated rings. The summed E-state index contributed by atoms with van der Waals surface area (Å²) in [6.45, 7) is 2.36. The Bertz CT molecular complexity index is 268. The molecule has 1 heterocycles. The van der Waals surface area contributed by atoms with Gasteiger partial charge in [-0.15, -0.1) is 11.3 Å². The molecular weight excluding hydrogens is 190 g/mol. The normalized spacial score (nSPS) is 27.6. The highest BCUT2D eigenvalue weighted by atomic mass is 32.1. The third-order valence-electron chi connectivity index (χ3n) is 3.34. The molecule has 0 saturated heterocycles. The van der Waals surface area contributed by atoms with E-state index < -0.39 is 0 Å². The second-order valence-corrected chi connectivity index (χ2v) is 5.42. The maximum absolute atomic E-state index is 3.46. The molecule has 1 saturated carbocycles. The van der Waals surface area contributed by atoms with Crippen LogP contribution in [0, 0.1) is 11.8 Å². The van der Waals surface area contributed by atoms with Gasteiger partial charge in [-0.05, 0) is 49.6 Å². The molecule has 2 rings (SSSR count). The number of thiophene rings is 1. The first-order valence-corrected chi connectivity index (χ1v) is 6.39. The molecule has 3 atom stereocenters. The van der Waals surface area contributed by atoms with E-state index in [2.05, 4.69) is 36.8 Å². The van der Waals surface area contributed by atoms with Crippen molar-refractivity contribution in [1.82, 2.24) is 5.32 Å². The van der Waals surface area contributed by atoms with Crippen LogP contribution in [-0.4, -0.2) is 13.1 Å². The lowest BCUT2D eigenvalue weighted by Gasteiger charge is -2.14. The highest BCUT2D eigenvalue weighted by Gasteiger charge is 2.38. The van der Waals surface area contributed by atoms with E-state index in [1.54, 1.807) is 0 Å². The SMILES string of the molecule is CNC(CCc1cccs1)C1CC1C. The molecule has 0 aliphatic heterocycles. The Morgan fingerprint density at radius 1 is 1.64 bits per heavy atom. The van der Waals surface area contributed by atoms with Gasteiger partial charge in [-0.3, -0.25) is 0 Å². The lowest BCUT2D eigenvalue weighted by atomic mass is 10.0. The Morgan fingerprint density at radius 2 is 2.43 bits per heavy atom. The third kappa shape index (κ3) is 2.37. The van der Waals surface area contributed by atoms with E-state index in [0.29, 0.717) is 0 Å². The van der Waals surface area contributed by atoms with E-state index in [4.69, 9.17) is 0 Å². The zero-order valence-corrected chi connectivity index (χ0v) is 9.81. The first kappa shape index (κ1) is 10.2. The van der Waals surface area contributed by atoms with Crippen LogP contribution < -0.4 is 5.32 Å². The van der Waals surface area contributed by atoms with Crippen molar-refractivity contribution in [2.75, 3.05) is 7.05 Å². The van der Waals surface area contributed by atoms with Gasteiger partial charge in [0.25, 0.3) is 0 Å². The molecule has 0 radical (unpaired) electrons. The Hall–Kier alpha value is -0.340. The average molecular weight is 209 g/mol. The monoisotopic (exact) mass is 209 g/mol. The van der Waals surface area contributed by atoms with Crippen molar-refractivity contribution < 1.29 is 0 Å². The summed E-state index contributed by atoms with van der Waals surface area (Å²) < 4.78 is 0. The van der Waals surface area contributed by atoms with Crippen LogP contribution in [-0.2, 0) is 6.42 Å². The second kappa shape index (κ2) is 4.45. The van der Waals surface area contributed by atoms with E-state index >= 15 is 0 Å². The van der Waals surface area contributed by atoms with Crippen molar-refractivity contribution in [3.05, 3.63) is 22.4 Å². The molecule has 1 aliphatic carbocycles. The standard InChI is InChI=1S/C12H19NS/c1-9-8-11(9)12(13-2)6-5-10-4-3-7-14-10/h3-4,7,9,11-13H,5-6,8H2,1-2H3. The number of hydrogen-bond acceptors (Lipinski definition) is 2. The first-order valence-electron chi connectivity index (χ1n) is 5.51. The van der Waals surface area contributed by atoms with Crippen LogP contribution >= 0.6 is 11.3 Å². The summed E-state index contributed by atoms with van der Waals surface area (Å²) >= 11 is 1.88. The molecule has 1 nitrogen and oxygen atoms in total. The second-order valence-electron chi connectivity index (χ2n) is 4.39. The number of nitrogens with one attached hydrogen (secondary N) is 1. The van der Waals surface area contributed by atoms with Crippen molar-refractivity contribution in [2.24, 2.45) is 11.8 Å². The van der Waals surface area contributed by atoms with E-state index in [-0.39, 0.29) is 0 Å². The molecule has 78 valence electrons. The molecule has 14 heavy (non-hydrogen) atoms. The lowest BCUT2D eigenvalue weighted by molar-refractivity contribution is 0.453. The van der Waals surface area contributed by atoms with Crippen molar-refractivity contribution in [3.8, 4) is 0 Å². The Morgan fingerprint density at radius 3 is 2.93 bits per heavy atom. The van der Waals surface area contributed by atoms with Crippen molar-refractivity contribution in [3.63, 3.8) is 0 Å². The summed E-state index contributed by atoms with van der Waals surface area (Å²) in [6, 6.07) is 5.13. The van der Waals surface area contributed by atoms with Crippen LogP contribution in [0.2, 0.25) is 0 Å². The molecule has 1 N–H and O–H groups in total. The molecule has 0 amide bonds. The minimum absolute atomic E-state index is 0.743. The van der Waals surface area contributed by atoms with E-state index in [1.165, 1.54) is 24.1 Å². The zero-order valence-electron chi connectivity index (χ0n) is 8.99. The maximum Gasteiger partial charge on any atom is 0.00984 e. The highest BCUT2D eigenvalue weighted by Crippen LogP contribution is 2.41. The topological polar surface area (TPSA) is 12.0 Å². The van der Waals surface area contributed by atoms with Crippen LogP contribution in [0.15, 0.2) is 17.5 Å². The minimum atomic E-state index is 0.743. The number of aryl methyl sites for hydroxylation is 1. The van der Waals surface area contributed by atoms with Crippen molar-refractivity contribution in [1.29, 1.82) is 0 Å². The van der Waals surface area contributed by atoms with Gasteiger partial charge in [0.2, 0.25) is 0 Å². The van der Waals surface area contributed by atoms with Gasteiger partial charge in [0.15, 0.2) is 0 Å². The minimum Gasteiger partial charge on any atom is -0.317 e. The molecule has 0 bridgehead atoms. The van der Waals surface area contributed by atoms with Crippen LogP contribution in [0.5, 0.6) is 0 Å². The van der Waals surface area contributed by atoms with Crippen molar-refractivity contribution >= 4 is 11.3 Å². The quantitative estimate of drug-likeness (QED) is 0.786. The zero-order chi connectivity index (χ0) is 9.97. The van der Waals surface area contributed by atoms with E-state index in [0.717, 1.165) is 17.9 Å². The van der Waals surface area contributed by atoms with Crippen LogP contribution in [0.25, 0.3) is 0 Å². The van der Waals surface area contributed by atoms with E-state index in [9.17, 15) is 0 Å². The first-order chi connectivity index (χ1) is 6.81. The fourth-order valence-electron chi connectivity index (χ4n) is 2.24. The van der Waals surface area contributed by atoms with Crippen molar-refractivity contribution in [2.45, 2.75) is 32.2 Å². The maximum atomic E-state index is 3.46. The summed E-state index contributed by atoms with van der Waals surface area (Å²) in [7, 11) is 2.10. The highest BCUT2D eigenvalue weighted by molar-refractivity contribution is 7.09. The van der Waals surface area contributed by atoms with Gasteiger partial charge < -0.3 is 5.32 Å². The molecule has 1 aliphatic rings. The third-order valence-corrected chi connectivity index (χ3v) is 4.28. The van der Waals surface area contributed by atoms with Crippen LogP contribution in [0.4, 0.5) is 0 Å². The molecule has 0 aromatic carbocycles. The molecule has 3 unspecified atom stereocenters. The molecule has 1 aromatic heterocycles. The fraction of sp³-hybridized carbons (Fsp3) is 0.667. The average Bonchev–Trinajstić information content (AvgIpc) is 2.69.